The van der Waals surface area contributed by atoms with Crippen molar-refractivity contribution >= 4 is 28.2 Å². The highest BCUT2D eigenvalue weighted by Crippen LogP contribution is 2.27. The lowest BCUT2D eigenvalue weighted by atomic mass is 10.0. The van der Waals surface area contributed by atoms with Crippen molar-refractivity contribution in [3.05, 3.63) is 60.3 Å². The lowest BCUT2D eigenvalue weighted by Crippen LogP contribution is -2.42. The van der Waals surface area contributed by atoms with Crippen LogP contribution in [-0.4, -0.2) is 51.7 Å². The van der Waals surface area contributed by atoms with Gasteiger partial charge in [0.1, 0.15) is 5.75 Å². The molecule has 1 aromatic heterocycles. The van der Waals surface area contributed by atoms with Gasteiger partial charge in [0, 0.05) is 47.7 Å². The molecule has 30 heavy (non-hydrogen) atoms. The Morgan fingerprint density at radius 2 is 1.97 bits per heavy atom. The van der Waals surface area contributed by atoms with Crippen molar-refractivity contribution in [2.75, 3.05) is 30.3 Å². The molecule has 4 rings (SSSR count). The van der Waals surface area contributed by atoms with Gasteiger partial charge in [0.25, 0.3) is 0 Å². The summed E-state index contributed by atoms with van der Waals surface area (Å²) in [7, 11) is 0. The second-order valence-corrected chi connectivity index (χ2v) is 7.62. The Labute approximate surface area is 175 Å². The molecule has 1 amide bonds. The van der Waals surface area contributed by atoms with Gasteiger partial charge in [-0.1, -0.05) is 12.1 Å². The van der Waals surface area contributed by atoms with Crippen LogP contribution in [0.2, 0.25) is 0 Å². The number of rotatable bonds is 6. The van der Waals surface area contributed by atoms with Crippen LogP contribution in [0, 0.1) is 0 Å². The van der Waals surface area contributed by atoms with E-state index in [1.54, 1.807) is 18.3 Å². The number of likely N-dealkylation sites (tertiary alicyclic amines) is 1. The summed E-state index contributed by atoms with van der Waals surface area (Å²) < 4.78 is 0. The number of aromatic nitrogens is 1. The molecule has 0 unspecified atom stereocenters. The molecule has 0 saturated carbocycles. The number of amides is 1. The number of anilines is 2. The summed E-state index contributed by atoms with van der Waals surface area (Å²) in [5, 5.41) is 26.8. The second-order valence-electron chi connectivity index (χ2n) is 7.62. The molecule has 156 valence electrons. The molecule has 0 spiro atoms. The van der Waals surface area contributed by atoms with Crippen LogP contribution in [0.25, 0.3) is 10.9 Å². The molecule has 2 aromatic carbocycles. The number of phenols is 1. The minimum atomic E-state index is -0.209. The van der Waals surface area contributed by atoms with Crippen LogP contribution in [-0.2, 0) is 11.4 Å². The molecule has 1 saturated heterocycles. The summed E-state index contributed by atoms with van der Waals surface area (Å²) in [6.45, 7) is 1.75. The van der Waals surface area contributed by atoms with Crippen LogP contribution >= 0.6 is 0 Å². The first-order chi connectivity index (χ1) is 14.6. The third-order valence-corrected chi connectivity index (χ3v) is 5.51. The Balaban J connectivity index is 1.28. The van der Waals surface area contributed by atoms with Gasteiger partial charge in [-0.2, -0.15) is 0 Å². The van der Waals surface area contributed by atoms with E-state index >= 15 is 0 Å². The Morgan fingerprint density at radius 1 is 1.13 bits per heavy atom. The van der Waals surface area contributed by atoms with Gasteiger partial charge < -0.3 is 20.8 Å². The van der Waals surface area contributed by atoms with Crippen LogP contribution in [0.15, 0.2) is 54.7 Å². The van der Waals surface area contributed by atoms with E-state index < -0.39 is 0 Å². The van der Waals surface area contributed by atoms with Crippen molar-refractivity contribution < 1.29 is 15.0 Å². The molecule has 1 aliphatic heterocycles. The number of pyridine rings is 1. The molecule has 4 N–H and O–H groups in total. The van der Waals surface area contributed by atoms with Crippen molar-refractivity contribution in [2.45, 2.75) is 25.5 Å². The number of nitrogens with one attached hydrogen (secondary N) is 2. The number of fused-ring (bicyclic) bond motifs is 1. The molecule has 3 aromatic rings. The maximum Gasteiger partial charge on any atom is 0.238 e. The number of benzene rings is 2. The van der Waals surface area contributed by atoms with Crippen molar-refractivity contribution in [1.29, 1.82) is 0 Å². The normalized spacial score (nSPS) is 15.2. The van der Waals surface area contributed by atoms with E-state index in [0.717, 1.165) is 48.2 Å². The minimum Gasteiger partial charge on any atom is -0.508 e. The number of carbonyl (C=O) groups excluding carboxylic acids is 1. The first kappa shape index (κ1) is 20.1. The molecular formula is C23H26N4O3. The summed E-state index contributed by atoms with van der Waals surface area (Å²) in [5.74, 6) is 0.0706. The molecule has 7 nitrogen and oxygen atoms in total. The molecule has 7 heteroatoms. The number of carbonyl (C=O) groups is 1. The fourth-order valence-corrected chi connectivity index (χ4v) is 3.89. The molecule has 0 bridgehead atoms. The van der Waals surface area contributed by atoms with Gasteiger partial charge >= 0.3 is 0 Å². The minimum absolute atomic E-state index is 0.0276. The fraction of sp³-hybridized carbons (Fsp3) is 0.304. The highest BCUT2D eigenvalue weighted by molar-refractivity contribution is 5.94. The third kappa shape index (κ3) is 4.69. The SMILES string of the molecule is O=C(CN1CCC(Nc2cccc(O)c2CO)CC1)Nc1ccc2ncccc2c1. The van der Waals surface area contributed by atoms with Crippen LogP contribution in [0.1, 0.15) is 18.4 Å². The number of nitrogens with zero attached hydrogens (tertiary/aromatic N) is 2. The van der Waals surface area contributed by atoms with E-state index in [2.05, 4.69) is 20.5 Å². The maximum atomic E-state index is 12.5. The summed E-state index contributed by atoms with van der Waals surface area (Å²) >= 11 is 0. The monoisotopic (exact) mass is 406 g/mol. The first-order valence-electron chi connectivity index (χ1n) is 10.2. The predicted molar refractivity (Wildman–Crippen MR) is 117 cm³/mol. The Morgan fingerprint density at radius 3 is 2.77 bits per heavy atom. The Bertz CT molecular complexity index is 1030. The number of piperidine rings is 1. The van der Waals surface area contributed by atoms with E-state index in [0.29, 0.717) is 12.1 Å². The second kappa shape index (κ2) is 9.11. The van der Waals surface area contributed by atoms with Crippen molar-refractivity contribution in [3.8, 4) is 5.75 Å². The van der Waals surface area contributed by atoms with Gasteiger partial charge in [-0.05, 0) is 49.2 Å². The van der Waals surface area contributed by atoms with E-state index in [4.69, 9.17) is 0 Å². The Hall–Kier alpha value is -3.16. The highest BCUT2D eigenvalue weighted by atomic mass is 16.3. The topological polar surface area (TPSA) is 97.7 Å². The third-order valence-electron chi connectivity index (χ3n) is 5.51. The van der Waals surface area contributed by atoms with Gasteiger partial charge in [-0.15, -0.1) is 0 Å². The number of hydrogen-bond acceptors (Lipinski definition) is 6. The molecular weight excluding hydrogens is 380 g/mol. The number of aliphatic hydroxyl groups is 1. The summed E-state index contributed by atoms with van der Waals surface area (Å²) in [6, 6.07) is 15.0. The maximum absolute atomic E-state index is 12.5. The molecule has 2 heterocycles. The van der Waals surface area contributed by atoms with Crippen molar-refractivity contribution in [2.24, 2.45) is 0 Å². The summed E-state index contributed by atoms with van der Waals surface area (Å²) in [6.07, 6.45) is 3.52. The highest BCUT2D eigenvalue weighted by Gasteiger charge is 2.22. The Kier molecular flexibility index (Phi) is 6.11. The molecule has 1 aliphatic rings. The van der Waals surface area contributed by atoms with Crippen molar-refractivity contribution in [3.63, 3.8) is 0 Å². The molecule has 0 radical (unpaired) electrons. The van der Waals surface area contributed by atoms with Crippen LogP contribution in [0.4, 0.5) is 11.4 Å². The quantitative estimate of drug-likeness (QED) is 0.503. The van der Waals surface area contributed by atoms with Gasteiger partial charge in [0.15, 0.2) is 0 Å². The van der Waals surface area contributed by atoms with Gasteiger partial charge in [0.05, 0.1) is 18.7 Å². The van der Waals surface area contributed by atoms with Crippen LogP contribution in [0.5, 0.6) is 5.75 Å². The first-order valence-corrected chi connectivity index (χ1v) is 10.2. The van der Waals surface area contributed by atoms with Gasteiger partial charge in [-0.3, -0.25) is 14.7 Å². The van der Waals surface area contributed by atoms with E-state index in [1.807, 2.05) is 36.4 Å². The number of aromatic hydroxyl groups is 1. The molecule has 0 aliphatic carbocycles. The van der Waals surface area contributed by atoms with E-state index in [1.165, 1.54) is 0 Å². The largest absolute Gasteiger partial charge is 0.508 e. The fourth-order valence-electron chi connectivity index (χ4n) is 3.89. The zero-order chi connectivity index (χ0) is 20.9. The molecule has 1 fully saturated rings. The number of hydrogen-bond donors (Lipinski definition) is 4. The smallest absolute Gasteiger partial charge is 0.238 e. The predicted octanol–water partition coefficient (Wildman–Crippen LogP) is 2.95. The van der Waals surface area contributed by atoms with E-state index in [-0.39, 0.29) is 24.3 Å². The average molecular weight is 406 g/mol. The van der Waals surface area contributed by atoms with Gasteiger partial charge in [-0.25, -0.2) is 0 Å². The zero-order valence-corrected chi connectivity index (χ0v) is 16.7. The lowest BCUT2D eigenvalue weighted by molar-refractivity contribution is -0.117. The molecule has 0 atom stereocenters. The average Bonchev–Trinajstić information content (AvgIpc) is 2.75. The summed E-state index contributed by atoms with van der Waals surface area (Å²) in [5.41, 5.74) is 2.96. The lowest BCUT2D eigenvalue weighted by Gasteiger charge is -2.32. The van der Waals surface area contributed by atoms with Crippen LogP contribution in [0.3, 0.4) is 0 Å². The van der Waals surface area contributed by atoms with Gasteiger partial charge in [0.2, 0.25) is 5.91 Å². The zero-order valence-electron chi connectivity index (χ0n) is 16.7. The van der Waals surface area contributed by atoms with Crippen molar-refractivity contribution in [1.82, 2.24) is 9.88 Å². The summed E-state index contributed by atoms with van der Waals surface area (Å²) in [4.78, 5) is 18.9. The van der Waals surface area contributed by atoms with E-state index in [9.17, 15) is 15.0 Å². The van der Waals surface area contributed by atoms with Crippen LogP contribution < -0.4 is 10.6 Å². The standard InChI is InChI=1S/C23H26N4O3/c28-15-19-21(4-1-5-22(19)29)25-17-8-11-27(12-9-17)14-23(30)26-18-6-7-20-16(13-18)3-2-10-24-20/h1-7,10,13,17,25,28-29H,8-9,11-12,14-15H2,(H,26,30). The number of aliphatic hydroxyl groups excluding tert-OH is 1.